The van der Waals surface area contributed by atoms with Crippen LogP contribution in [0.5, 0.6) is 0 Å². The average Bonchev–Trinajstić information content (AvgIpc) is 3.06. The summed E-state index contributed by atoms with van der Waals surface area (Å²) in [5.74, 6) is 1.14. The maximum atomic E-state index is 4.40. The zero-order valence-corrected chi connectivity index (χ0v) is 12.7. The average molecular weight is 285 g/mol. The molecule has 0 saturated heterocycles. The summed E-state index contributed by atoms with van der Waals surface area (Å²) >= 11 is 1.88. The van der Waals surface area contributed by atoms with E-state index >= 15 is 0 Å². The smallest absolute Gasteiger partial charge is 0.108 e. The summed E-state index contributed by atoms with van der Waals surface area (Å²) in [4.78, 5) is 5.80. The summed E-state index contributed by atoms with van der Waals surface area (Å²) in [5, 5.41) is 4.77. The monoisotopic (exact) mass is 285 g/mol. The first-order valence-electron chi connectivity index (χ1n) is 6.90. The maximum absolute atomic E-state index is 4.40. The van der Waals surface area contributed by atoms with Crippen molar-refractivity contribution in [2.24, 2.45) is 7.05 Å². The number of nitrogens with zero attached hydrogens (tertiary/aromatic N) is 2. The predicted octanol–water partition coefficient (Wildman–Crippen LogP) is 3.53. The number of aromatic nitrogens is 2. The van der Waals surface area contributed by atoms with Crippen molar-refractivity contribution in [3.8, 4) is 0 Å². The Bertz CT molecular complexity index is 665. The molecule has 0 aliphatic heterocycles. The Labute approximate surface area is 123 Å². The molecule has 0 radical (unpaired) electrons. The molecule has 0 amide bonds. The molecule has 1 N–H and O–H groups in total. The highest BCUT2D eigenvalue weighted by Gasteiger charge is 2.13. The fourth-order valence-corrected chi connectivity index (χ4v) is 3.72. The number of rotatable bonds is 5. The molecule has 4 heteroatoms. The fraction of sp³-hybridized carbons (Fsp3) is 0.312. The van der Waals surface area contributed by atoms with Crippen LogP contribution < -0.4 is 5.32 Å². The molecule has 0 aliphatic rings. The molecule has 0 spiro atoms. The Morgan fingerprint density at radius 3 is 2.90 bits per heavy atom. The van der Waals surface area contributed by atoms with Gasteiger partial charge in [0.05, 0.1) is 0 Å². The molecule has 0 bridgehead atoms. The Morgan fingerprint density at radius 1 is 1.35 bits per heavy atom. The van der Waals surface area contributed by atoms with Crippen LogP contribution in [-0.2, 0) is 13.5 Å². The molecule has 1 atom stereocenters. The number of hydrogen-bond donors (Lipinski definition) is 1. The van der Waals surface area contributed by atoms with Crippen molar-refractivity contribution in [3.63, 3.8) is 0 Å². The van der Waals surface area contributed by atoms with Crippen molar-refractivity contribution < 1.29 is 0 Å². The zero-order valence-electron chi connectivity index (χ0n) is 11.8. The van der Waals surface area contributed by atoms with Crippen molar-refractivity contribution in [2.45, 2.75) is 18.9 Å². The molecule has 0 aliphatic carbocycles. The van der Waals surface area contributed by atoms with Crippen molar-refractivity contribution in [2.75, 3.05) is 7.05 Å². The molecule has 3 rings (SSSR count). The third kappa shape index (κ3) is 2.62. The molecule has 0 saturated carbocycles. The van der Waals surface area contributed by atoms with Gasteiger partial charge in [-0.3, -0.25) is 0 Å². The number of nitrogens with one attached hydrogen (secondary N) is 1. The Hall–Kier alpha value is -1.65. The van der Waals surface area contributed by atoms with Crippen molar-refractivity contribution in [1.29, 1.82) is 0 Å². The number of aryl methyl sites for hydroxylation is 2. The summed E-state index contributed by atoms with van der Waals surface area (Å²) < 4.78 is 3.46. The zero-order chi connectivity index (χ0) is 13.9. The van der Waals surface area contributed by atoms with Gasteiger partial charge in [0.2, 0.25) is 0 Å². The van der Waals surface area contributed by atoms with Gasteiger partial charge in [0.1, 0.15) is 5.82 Å². The van der Waals surface area contributed by atoms with E-state index in [-0.39, 0.29) is 0 Å². The normalized spacial score (nSPS) is 12.9. The lowest BCUT2D eigenvalue weighted by molar-refractivity contribution is 0.544. The van der Waals surface area contributed by atoms with Crippen molar-refractivity contribution in [3.05, 3.63) is 53.4 Å². The van der Waals surface area contributed by atoms with Crippen LogP contribution in [0.2, 0.25) is 0 Å². The minimum atomic E-state index is 0.393. The molecule has 3 nitrogen and oxygen atoms in total. The number of imidazole rings is 1. The van der Waals surface area contributed by atoms with Gasteiger partial charge in [0, 0.05) is 41.5 Å². The molecule has 1 unspecified atom stereocenters. The van der Waals surface area contributed by atoms with E-state index in [0.717, 1.165) is 18.7 Å². The molecule has 104 valence electrons. The van der Waals surface area contributed by atoms with Crippen LogP contribution in [-0.4, -0.2) is 16.6 Å². The molecule has 2 heterocycles. The van der Waals surface area contributed by atoms with Gasteiger partial charge < -0.3 is 9.88 Å². The highest BCUT2D eigenvalue weighted by molar-refractivity contribution is 7.19. The van der Waals surface area contributed by atoms with Gasteiger partial charge in [-0.1, -0.05) is 18.2 Å². The van der Waals surface area contributed by atoms with E-state index in [1.54, 1.807) is 0 Å². The van der Waals surface area contributed by atoms with E-state index in [1.165, 1.54) is 15.0 Å². The summed E-state index contributed by atoms with van der Waals surface area (Å²) in [6.45, 7) is 0. The first-order chi connectivity index (χ1) is 9.78. The molecular formula is C16H19N3S. The Kier molecular flexibility index (Phi) is 3.85. The quantitative estimate of drug-likeness (QED) is 0.777. The lowest BCUT2D eigenvalue weighted by Crippen LogP contribution is -2.16. The summed E-state index contributed by atoms with van der Waals surface area (Å²) in [7, 11) is 4.09. The van der Waals surface area contributed by atoms with E-state index < -0.39 is 0 Å². The van der Waals surface area contributed by atoms with Crippen LogP contribution in [0.15, 0.2) is 42.7 Å². The molecule has 1 aromatic carbocycles. The summed E-state index contributed by atoms with van der Waals surface area (Å²) in [6.07, 6.45) is 5.92. The third-order valence-electron chi connectivity index (χ3n) is 3.71. The Balaban J connectivity index is 1.77. The number of benzene rings is 1. The van der Waals surface area contributed by atoms with Gasteiger partial charge in [0.25, 0.3) is 0 Å². The second-order valence-electron chi connectivity index (χ2n) is 5.02. The van der Waals surface area contributed by atoms with Gasteiger partial charge in [-0.15, -0.1) is 11.3 Å². The minimum absolute atomic E-state index is 0.393. The first-order valence-corrected chi connectivity index (χ1v) is 7.71. The predicted molar refractivity (Wildman–Crippen MR) is 85.2 cm³/mol. The standard InChI is InChI=1S/C16H19N3S/c1-17-13(7-8-16-18-9-10-19(16)2)15-11-12-5-3-4-6-14(12)20-15/h3-6,9-11,13,17H,7-8H2,1-2H3. The van der Waals surface area contributed by atoms with Crippen LogP contribution in [0.25, 0.3) is 10.1 Å². The highest BCUT2D eigenvalue weighted by atomic mass is 32.1. The minimum Gasteiger partial charge on any atom is -0.338 e. The van der Waals surface area contributed by atoms with Gasteiger partial charge in [-0.05, 0) is 31.0 Å². The molecule has 3 aromatic rings. The number of fused-ring (bicyclic) bond motifs is 1. The van der Waals surface area contributed by atoms with Gasteiger partial charge in [0.15, 0.2) is 0 Å². The molecule has 20 heavy (non-hydrogen) atoms. The van der Waals surface area contributed by atoms with Crippen molar-refractivity contribution in [1.82, 2.24) is 14.9 Å². The van der Waals surface area contributed by atoms with Crippen molar-refractivity contribution >= 4 is 21.4 Å². The lowest BCUT2D eigenvalue weighted by atomic mass is 10.1. The SMILES string of the molecule is CNC(CCc1nccn1C)c1cc2ccccc2s1. The van der Waals surface area contributed by atoms with Crippen LogP contribution in [0.3, 0.4) is 0 Å². The molecule has 0 fully saturated rings. The molecular weight excluding hydrogens is 266 g/mol. The van der Waals surface area contributed by atoms with E-state index in [1.807, 2.05) is 30.8 Å². The topological polar surface area (TPSA) is 29.9 Å². The second-order valence-corrected chi connectivity index (χ2v) is 6.14. The van der Waals surface area contributed by atoms with Gasteiger partial charge in [-0.2, -0.15) is 0 Å². The fourth-order valence-electron chi connectivity index (χ4n) is 2.51. The van der Waals surface area contributed by atoms with E-state index in [4.69, 9.17) is 0 Å². The van der Waals surface area contributed by atoms with Gasteiger partial charge in [-0.25, -0.2) is 4.98 Å². The highest BCUT2D eigenvalue weighted by Crippen LogP contribution is 2.31. The second kappa shape index (κ2) is 5.77. The lowest BCUT2D eigenvalue weighted by Gasteiger charge is -2.14. The van der Waals surface area contributed by atoms with Crippen LogP contribution in [0.4, 0.5) is 0 Å². The summed E-state index contributed by atoms with van der Waals surface area (Å²) in [5.41, 5.74) is 0. The number of hydrogen-bond acceptors (Lipinski definition) is 3. The van der Waals surface area contributed by atoms with Crippen LogP contribution >= 0.6 is 11.3 Å². The van der Waals surface area contributed by atoms with Gasteiger partial charge >= 0.3 is 0 Å². The largest absolute Gasteiger partial charge is 0.338 e. The van der Waals surface area contributed by atoms with E-state index in [2.05, 4.69) is 52.2 Å². The first kappa shape index (κ1) is 13.3. The maximum Gasteiger partial charge on any atom is 0.108 e. The van der Waals surface area contributed by atoms with Crippen LogP contribution in [0, 0.1) is 0 Å². The van der Waals surface area contributed by atoms with E-state index in [9.17, 15) is 0 Å². The van der Waals surface area contributed by atoms with E-state index in [0.29, 0.717) is 6.04 Å². The molecule has 2 aromatic heterocycles. The summed E-state index contributed by atoms with van der Waals surface area (Å²) in [6, 6.07) is 11.3. The Morgan fingerprint density at radius 2 is 2.20 bits per heavy atom. The third-order valence-corrected chi connectivity index (χ3v) is 4.94. The number of thiophene rings is 1. The van der Waals surface area contributed by atoms with Crippen LogP contribution in [0.1, 0.15) is 23.2 Å².